The van der Waals surface area contributed by atoms with E-state index in [9.17, 15) is 0 Å². The second kappa shape index (κ2) is 7.12. The minimum absolute atomic E-state index is 0.583. The maximum Gasteiger partial charge on any atom is 0.122 e. The molecule has 0 aliphatic carbocycles. The van der Waals surface area contributed by atoms with Gasteiger partial charge in [0.25, 0.3) is 0 Å². The van der Waals surface area contributed by atoms with Gasteiger partial charge >= 0.3 is 0 Å². The minimum atomic E-state index is 0.583. The van der Waals surface area contributed by atoms with Crippen LogP contribution in [0.4, 0.5) is 0 Å². The maximum absolute atomic E-state index is 5.98. The number of hydrogen-bond donors (Lipinski definition) is 1. The molecule has 1 heterocycles. The molecular formula is C15H17ClN2O. The van der Waals surface area contributed by atoms with Gasteiger partial charge in [0.2, 0.25) is 0 Å². The van der Waals surface area contributed by atoms with Crippen LogP contribution in [0.25, 0.3) is 0 Å². The highest BCUT2D eigenvalue weighted by atomic mass is 35.5. The Morgan fingerprint density at radius 2 is 2.11 bits per heavy atom. The first-order valence-corrected chi connectivity index (χ1v) is 6.67. The molecule has 2 N–H and O–H groups in total. The van der Waals surface area contributed by atoms with Crippen LogP contribution >= 0.6 is 11.6 Å². The van der Waals surface area contributed by atoms with E-state index in [0.29, 0.717) is 18.2 Å². The fourth-order valence-corrected chi connectivity index (χ4v) is 2.06. The molecule has 100 valence electrons. The fraction of sp³-hybridized carbons (Fsp3) is 0.267. The van der Waals surface area contributed by atoms with Crippen LogP contribution in [0.15, 0.2) is 42.7 Å². The number of ether oxygens (including phenoxy) is 1. The largest absolute Gasteiger partial charge is 0.493 e. The topological polar surface area (TPSA) is 48.1 Å². The Hall–Kier alpha value is -1.58. The lowest BCUT2D eigenvalue weighted by atomic mass is 10.1. The first kappa shape index (κ1) is 13.8. The number of hydrogen-bond acceptors (Lipinski definition) is 3. The Morgan fingerprint density at radius 3 is 2.84 bits per heavy atom. The van der Waals surface area contributed by atoms with Crippen LogP contribution in [0.2, 0.25) is 5.02 Å². The van der Waals surface area contributed by atoms with Crippen LogP contribution in [0.3, 0.4) is 0 Å². The standard InChI is InChI=1S/C15H17ClN2O/c16-14-3-4-15(13(10-14)5-7-17)19-9-6-12-2-1-8-18-11-12/h1-4,8,10-11H,5-7,9,17H2. The van der Waals surface area contributed by atoms with E-state index < -0.39 is 0 Å². The van der Waals surface area contributed by atoms with Gasteiger partial charge in [-0.2, -0.15) is 0 Å². The van der Waals surface area contributed by atoms with E-state index >= 15 is 0 Å². The van der Waals surface area contributed by atoms with Crippen molar-refractivity contribution >= 4 is 11.6 Å². The van der Waals surface area contributed by atoms with Gasteiger partial charge in [-0.05, 0) is 48.4 Å². The van der Waals surface area contributed by atoms with Crippen LogP contribution in [0, 0.1) is 0 Å². The Bertz CT molecular complexity index is 517. The van der Waals surface area contributed by atoms with Gasteiger partial charge in [0.05, 0.1) is 6.61 Å². The van der Waals surface area contributed by atoms with Gasteiger partial charge < -0.3 is 10.5 Å². The monoisotopic (exact) mass is 276 g/mol. The molecule has 0 radical (unpaired) electrons. The lowest BCUT2D eigenvalue weighted by Gasteiger charge is -2.11. The summed E-state index contributed by atoms with van der Waals surface area (Å²) in [6, 6.07) is 9.61. The second-order valence-electron chi connectivity index (χ2n) is 4.25. The molecular weight excluding hydrogens is 260 g/mol. The third kappa shape index (κ3) is 4.23. The Kier molecular flexibility index (Phi) is 5.19. The van der Waals surface area contributed by atoms with Gasteiger partial charge in [0.15, 0.2) is 0 Å². The van der Waals surface area contributed by atoms with E-state index in [1.807, 2.05) is 36.5 Å². The van der Waals surface area contributed by atoms with Crippen LogP contribution in [-0.4, -0.2) is 18.1 Å². The molecule has 0 spiro atoms. The molecule has 2 rings (SSSR count). The van der Waals surface area contributed by atoms with Crippen molar-refractivity contribution in [2.45, 2.75) is 12.8 Å². The molecule has 0 fully saturated rings. The number of nitrogens with two attached hydrogens (primary N) is 1. The predicted molar refractivity (Wildman–Crippen MR) is 77.6 cm³/mol. The van der Waals surface area contributed by atoms with Gasteiger partial charge in [-0.1, -0.05) is 17.7 Å². The zero-order valence-electron chi connectivity index (χ0n) is 10.7. The molecule has 0 amide bonds. The first-order valence-electron chi connectivity index (χ1n) is 6.30. The first-order chi connectivity index (χ1) is 9.29. The number of halogens is 1. The molecule has 0 unspecified atom stereocenters. The molecule has 2 aromatic rings. The van der Waals surface area contributed by atoms with Crippen molar-refractivity contribution in [3.63, 3.8) is 0 Å². The normalized spacial score (nSPS) is 10.4. The van der Waals surface area contributed by atoms with Gasteiger partial charge in [0, 0.05) is 23.8 Å². The van der Waals surface area contributed by atoms with E-state index in [4.69, 9.17) is 22.1 Å². The van der Waals surface area contributed by atoms with Gasteiger partial charge in [-0.3, -0.25) is 4.98 Å². The Morgan fingerprint density at radius 1 is 1.21 bits per heavy atom. The predicted octanol–water partition coefficient (Wildman–Crippen LogP) is 2.86. The summed E-state index contributed by atoms with van der Waals surface area (Å²) < 4.78 is 5.81. The molecule has 1 aromatic heterocycles. The second-order valence-corrected chi connectivity index (χ2v) is 4.69. The molecule has 0 aliphatic rings. The smallest absolute Gasteiger partial charge is 0.122 e. The van der Waals surface area contributed by atoms with Crippen molar-refractivity contribution < 1.29 is 4.74 Å². The summed E-state index contributed by atoms with van der Waals surface area (Å²) in [6.07, 6.45) is 5.22. The summed E-state index contributed by atoms with van der Waals surface area (Å²) in [5, 5.41) is 0.711. The average Bonchev–Trinajstić information content (AvgIpc) is 2.43. The van der Waals surface area contributed by atoms with E-state index in [0.717, 1.165) is 29.7 Å². The lowest BCUT2D eigenvalue weighted by Crippen LogP contribution is -2.07. The molecule has 0 aliphatic heterocycles. The lowest BCUT2D eigenvalue weighted by molar-refractivity contribution is 0.318. The molecule has 0 saturated heterocycles. The van der Waals surface area contributed by atoms with E-state index in [1.54, 1.807) is 6.20 Å². The third-order valence-electron chi connectivity index (χ3n) is 2.81. The molecule has 1 aromatic carbocycles. The maximum atomic E-state index is 5.98. The van der Waals surface area contributed by atoms with Crippen LogP contribution < -0.4 is 10.5 Å². The molecule has 3 nitrogen and oxygen atoms in total. The SMILES string of the molecule is NCCc1cc(Cl)ccc1OCCc1cccnc1. The molecule has 0 bridgehead atoms. The van der Waals surface area contributed by atoms with Crippen molar-refractivity contribution in [3.05, 3.63) is 58.9 Å². The van der Waals surface area contributed by atoms with Crippen LogP contribution in [-0.2, 0) is 12.8 Å². The quantitative estimate of drug-likeness (QED) is 0.883. The van der Waals surface area contributed by atoms with E-state index in [1.165, 1.54) is 0 Å². The van der Waals surface area contributed by atoms with Crippen molar-refractivity contribution in [2.24, 2.45) is 5.73 Å². The summed E-state index contributed by atoms with van der Waals surface area (Å²) in [6.45, 7) is 1.20. The van der Waals surface area contributed by atoms with E-state index in [2.05, 4.69) is 4.98 Å². The fourth-order valence-electron chi connectivity index (χ4n) is 1.86. The van der Waals surface area contributed by atoms with Crippen LogP contribution in [0.1, 0.15) is 11.1 Å². The Balaban J connectivity index is 1.95. The summed E-state index contributed by atoms with van der Waals surface area (Å²) in [4.78, 5) is 4.08. The van der Waals surface area contributed by atoms with Crippen molar-refractivity contribution in [3.8, 4) is 5.75 Å². The molecule has 19 heavy (non-hydrogen) atoms. The number of benzene rings is 1. The summed E-state index contributed by atoms with van der Waals surface area (Å²) in [5.74, 6) is 0.860. The third-order valence-corrected chi connectivity index (χ3v) is 3.04. The number of rotatable bonds is 6. The zero-order chi connectivity index (χ0) is 13.5. The highest BCUT2D eigenvalue weighted by Crippen LogP contribution is 2.23. The molecule has 0 atom stereocenters. The Labute approximate surface area is 118 Å². The highest BCUT2D eigenvalue weighted by Gasteiger charge is 2.04. The van der Waals surface area contributed by atoms with E-state index in [-0.39, 0.29) is 0 Å². The average molecular weight is 277 g/mol. The highest BCUT2D eigenvalue weighted by molar-refractivity contribution is 6.30. The molecule has 4 heteroatoms. The number of pyridine rings is 1. The number of nitrogens with zero attached hydrogens (tertiary/aromatic N) is 1. The minimum Gasteiger partial charge on any atom is -0.493 e. The summed E-state index contributed by atoms with van der Waals surface area (Å²) >= 11 is 5.98. The molecule has 0 saturated carbocycles. The zero-order valence-corrected chi connectivity index (χ0v) is 11.4. The summed E-state index contributed by atoms with van der Waals surface area (Å²) in [7, 11) is 0. The van der Waals surface area contributed by atoms with Gasteiger partial charge in [-0.15, -0.1) is 0 Å². The van der Waals surface area contributed by atoms with Gasteiger partial charge in [-0.25, -0.2) is 0 Å². The van der Waals surface area contributed by atoms with Gasteiger partial charge in [0.1, 0.15) is 5.75 Å². The van der Waals surface area contributed by atoms with Crippen molar-refractivity contribution in [1.82, 2.24) is 4.98 Å². The van der Waals surface area contributed by atoms with Crippen molar-refractivity contribution in [2.75, 3.05) is 13.2 Å². The number of aromatic nitrogens is 1. The van der Waals surface area contributed by atoms with Crippen LogP contribution in [0.5, 0.6) is 5.75 Å². The van der Waals surface area contributed by atoms with Crippen molar-refractivity contribution in [1.29, 1.82) is 0 Å². The summed E-state index contributed by atoms with van der Waals surface area (Å²) in [5.41, 5.74) is 7.81.